The molecular weight excluding hydrogens is 394 g/mol. The fourth-order valence-electron chi connectivity index (χ4n) is 2.29. The van der Waals surface area contributed by atoms with Crippen LogP contribution in [0.2, 0.25) is 0 Å². The largest absolute Gasteiger partial charge is 0.493 e. The first-order valence-electron chi connectivity index (χ1n) is 8.05. The van der Waals surface area contributed by atoms with Gasteiger partial charge in [0.25, 0.3) is 11.6 Å². The fourth-order valence-corrected chi connectivity index (χ4v) is 2.29. The van der Waals surface area contributed by atoms with E-state index in [0.29, 0.717) is 0 Å². The van der Waals surface area contributed by atoms with Gasteiger partial charge in [0, 0.05) is 12.1 Å². The number of nitrogens with zero attached hydrogens (tertiary/aromatic N) is 1. The van der Waals surface area contributed by atoms with Crippen LogP contribution >= 0.6 is 0 Å². The molecule has 0 bridgehead atoms. The van der Waals surface area contributed by atoms with Gasteiger partial charge in [-0.2, -0.15) is 0 Å². The number of hydrogen-bond donors (Lipinski definition) is 1. The lowest BCUT2D eigenvalue weighted by molar-refractivity contribution is -0.385. The Morgan fingerprint density at radius 2 is 1.72 bits per heavy atom. The van der Waals surface area contributed by atoms with Crippen molar-refractivity contribution in [2.45, 2.75) is 13.0 Å². The molecule has 1 amide bonds. The molecule has 2 aromatic rings. The Balaban J connectivity index is 2.23. The van der Waals surface area contributed by atoms with E-state index in [2.05, 4.69) is 5.32 Å². The van der Waals surface area contributed by atoms with Crippen LogP contribution in [-0.2, 0) is 9.53 Å². The third-order valence-electron chi connectivity index (χ3n) is 3.76. The summed E-state index contributed by atoms with van der Waals surface area (Å²) in [5.74, 6) is -3.79. The number of esters is 1. The molecule has 29 heavy (non-hydrogen) atoms. The lowest BCUT2D eigenvalue weighted by atomic mass is 10.1. The average Bonchev–Trinajstić information content (AvgIpc) is 2.69. The second-order valence-corrected chi connectivity index (χ2v) is 5.64. The number of amides is 1. The number of nitrogens with one attached hydrogen (secondary N) is 1. The van der Waals surface area contributed by atoms with Gasteiger partial charge in [0.05, 0.1) is 30.9 Å². The quantitative estimate of drug-likeness (QED) is 0.423. The summed E-state index contributed by atoms with van der Waals surface area (Å²) in [5, 5.41) is 13.3. The molecule has 2 aromatic carbocycles. The van der Waals surface area contributed by atoms with Gasteiger partial charge < -0.3 is 19.5 Å². The zero-order chi connectivity index (χ0) is 21.7. The van der Waals surface area contributed by atoms with Crippen molar-refractivity contribution in [1.82, 2.24) is 0 Å². The van der Waals surface area contributed by atoms with Crippen molar-refractivity contribution >= 4 is 23.3 Å². The first kappa shape index (κ1) is 21.5. The lowest BCUT2D eigenvalue weighted by Crippen LogP contribution is -2.30. The van der Waals surface area contributed by atoms with Crippen LogP contribution in [0, 0.1) is 21.7 Å². The lowest BCUT2D eigenvalue weighted by Gasteiger charge is -2.15. The summed E-state index contributed by atoms with van der Waals surface area (Å²) in [4.78, 5) is 35.0. The Bertz CT molecular complexity index is 965. The number of halogens is 2. The molecule has 1 atom stereocenters. The summed E-state index contributed by atoms with van der Waals surface area (Å²) in [6.07, 6.45) is -1.47. The maximum atomic E-state index is 13.6. The third kappa shape index (κ3) is 4.94. The van der Waals surface area contributed by atoms with Crippen LogP contribution in [0.1, 0.15) is 17.3 Å². The highest BCUT2D eigenvalue weighted by atomic mass is 19.1. The number of nitro groups is 1. The second kappa shape index (κ2) is 8.95. The Morgan fingerprint density at radius 3 is 2.31 bits per heavy atom. The van der Waals surface area contributed by atoms with Gasteiger partial charge in [-0.05, 0) is 19.1 Å². The number of anilines is 1. The van der Waals surface area contributed by atoms with Crippen LogP contribution in [0.15, 0.2) is 30.3 Å². The minimum Gasteiger partial charge on any atom is -0.493 e. The van der Waals surface area contributed by atoms with Crippen LogP contribution in [0.4, 0.5) is 20.2 Å². The Morgan fingerprint density at radius 1 is 1.10 bits per heavy atom. The molecule has 0 unspecified atom stereocenters. The maximum Gasteiger partial charge on any atom is 0.346 e. The van der Waals surface area contributed by atoms with Gasteiger partial charge >= 0.3 is 5.97 Å². The molecule has 1 N–H and O–H groups in total. The Kier molecular flexibility index (Phi) is 6.65. The van der Waals surface area contributed by atoms with E-state index in [0.717, 1.165) is 37.3 Å². The average molecular weight is 410 g/mol. The molecule has 154 valence electrons. The molecule has 0 saturated heterocycles. The summed E-state index contributed by atoms with van der Waals surface area (Å²) in [6.45, 7) is 1.16. The summed E-state index contributed by atoms with van der Waals surface area (Å²) in [6, 6.07) is 4.44. The number of carbonyl (C=O) groups is 2. The molecule has 0 radical (unpaired) electrons. The second-order valence-electron chi connectivity index (χ2n) is 5.64. The number of methoxy groups -OCH3 is 2. The topological polar surface area (TPSA) is 117 Å². The molecule has 0 heterocycles. The van der Waals surface area contributed by atoms with Crippen molar-refractivity contribution in [3.63, 3.8) is 0 Å². The SMILES string of the molecule is COc1cc(C(=O)O[C@@H](C)C(=O)Nc2cc(F)ccc2F)c([N+](=O)[O-])cc1OC. The Hall–Kier alpha value is -3.76. The van der Waals surface area contributed by atoms with E-state index in [-0.39, 0.29) is 11.5 Å². The Labute approximate surface area is 163 Å². The van der Waals surface area contributed by atoms with E-state index in [1.165, 1.54) is 14.2 Å². The van der Waals surface area contributed by atoms with E-state index in [1.807, 2.05) is 0 Å². The molecule has 0 aliphatic rings. The number of benzene rings is 2. The molecule has 9 nitrogen and oxygen atoms in total. The monoisotopic (exact) mass is 410 g/mol. The summed E-state index contributed by atoms with van der Waals surface area (Å²) < 4.78 is 41.7. The molecule has 0 fully saturated rings. The number of carbonyl (C=O) groups excluding carboxylic acids is 2. The van der Waals surface area contributed by atoms with Gasteiger partial charge in [0.2, 0.25) is 0 Å². The van der Waals surface area contributed by atoms with Crippen LogP contribution in [0.3, 0.4) is 0 Å². The fraction of sp³-hybridized carbons (Fsp3) is 0.222. The molecule has 0 spiro atoms. The van der Waals surface area contributed by atoms with E-state index in [9.17, 15) is 28.5 Å². The first-order valence-corrected chi connectivity index (χ1v) is 8.05. The predicted molar refractivity (Wildman–Crippen MR) is 96.1 cm³/mol. The van der Waals surface area contributed by atoms with Crippen molar-refractivity contribution in [2.24, 2.45) is 0 Å². The van der Waals surface area contributed by atoms with Gasteiger partial charge in [0.15, 0.2) is 17.6 Å². The predicted octanol–water partition coefficient (Wildman–Crippen LogP) is 3.07. The van der Waals surface area contributed by atoms with E-state index < -0.39 is 51.5 Å². The smallest absolute Gasteiger partial charge is 0.346 e. The molecule has 0 saturated carbocycles. The highest BCUT2D eigenvalue weighted by Gasteiger charge is 2.28. The van der Waals surface area contributed by atoms with Gasteiger partial charge in [-0.15, -0.1) is 0 Å². The normalized spacial score (nSPS) is 11.3. The zero-order valence-corrected chi connectivity index (χ0v) is 15.5. The van der Waals surface area contributed by atoms with Gasteiger partial charge in [0.1, 0.15) is 17.2 Å². The minimum atomic E-state index is -1.47. The summed E-state index contributed by atoms with van der Waals surface area (Å²) in [5.41, 5.74) is -1.56. The van der Waals surface area contributed by atoms with E-state index in [1.54, 1.807) is 0 Å². The number of ether oxygens (including phenoxy) is 3. The van der Waals surface area contributed by atoms with Crippen molar-refractivity contribution in [3.05, 3.63) is 57.6 Å². The van der Waals surface area contributed by atoms with Crippen LogP contribution < -0.4 is 14.8 Å². The van der Waals surface area contributed by atoms with Crippen molar-refractivity contribution in [3.8, 4) is 11.5 Å². The summed E-state index contributed by atoms with van der Waals surface area (Å²) >= 11 is 0. The number of rotatable bonds is 7. The van der Waals surface area contributed by atoms with Crippen molar-refractivity contribution < 1.29 is 37.5 Å². The molecule has 2 rings (SSSR count). The van der Waals surface area contributed by atoms with Gasteiger partial charge in [-0.25, -0.2) is 13.6 Å². The first-order chi connectivity index (χ1) is 13.7. The third-order valence-corrected chi connectivity index (χ3v) is 3.76. The maximum absolute atomic E-state index is 13.6. The number of hydrogen-bond acceptors (Lipinski definition) is 7. The number of nitro benzene ring substituents is 1. The van der Waals surface area contributed by atoms with E-state index in [4.69, 9.17) is 14.2 Å². The van der Waals surface area contributed by atoms with E-state index >= 15 is 0 Å². The zero-order valence-electron chi connectivity index (χ0n) is 15.5. The minimum absolute atomic E-state index is 0.0168. The molecular formula is C18H16F2N2O7. The van der Waals surface area contributed by atoms with Crippen molar-refractivity contribution in [1.29, 1.82) is 0 Å². The van der Waals surface area contributed by atoms with Gasteiger partial charge in [-0.1, -0.05) is 0 Å². The van der Waals surface area contributed by atoms with Crippen molar-refractivity contribution in [2.75, 3.05) is 19.5 Å². The molecule has 0 aromatic heterocycles. The van der Waals surface area contributed by atoms with Crippen LogP contribution in [0.5, 0.6) is 11.5 Å². The van der Waals surface area contributed by atoms with Crippen LogP contribution in [-0.4, -0.2) is 37.1 Å². The summed E-state index contributed by atoms with van der Waals surface area (Å²) in [7, 11) is 2.53. The van der Waals surface area contributed by atoms with Gasteiger partial charge in [-0.3, -0.25) is 14.9 Å². The highest BCUT2D eigenvalue weighted by molar-refractivity contribution is 5.99. The molecule has 0 aliphatic carbocycles. The highest BCUT2D eigenvalue weighted by Crippen LogP contribution is 2.35. The van der Waals surface area contributed by atoms with Crippen LogP contribution in [0.25, 0.3) is 0 Å². The molecule has 0 aliphatic heterocycles. The standard InChI is InChI=1S/C18H16F2N2O7/c1-9(17(23)21-13-6-10(19)4-5-12(13)20)29-18(24)11-7-15(27-2)16(28-3)8-14(11)22(25)26/h4-9H,1-3H3,(H,21,23)/t9-/m0/s1. The molecule has 11 heteroatoms.